The highest BCUT2D eigenvalue weighted by Gasteiger charge is 2.55. The van der Waals surface area contributed by atoms with Crippen molar-refractivity contribution in [3.05, 3.63) is 34.5 Å². The van der Waals surface area contributed by atoms with Crippen molar-refractivity contribution in [2.75, 3.05) is 19.8 Å². The fourth-order valence-corrected chi connectivity index (χ4v) is 7.97. The van der Waals surface area contributed by atoms with Gasteiger partial charge in [0.05, 0.1) is 25.9 Å². The number of phenolic OH excluding ortho intramolecular Hbond substituents is 5. The minimum absolute atomic E-state index is 0.339. The molecule has 17 N–H and O–H groups in total. The van der Waals surface area contributed by atoms with E-state index >= 15 is 0 Å². The standard InChI is InChI=1S/C39H50O27/c1-9-20(47)25(52)35(39(58-9)65-34-23(50)19-12(44)4-11(43)5-15(19)59-31(34)10-2-13(45)21(48)14(46)3-10)66-38-30(57)27(54)33(18(8-42)62-38)64-37-29(56)26(53)32(17(7-41)61-37)63-36-28(55)24(51)22(49)16(6-40)60-36/h2-5,9,16-18,20,22,24-30,32-33,35-49,51-57H,6-8H2,1H3/t9-,16+,17+,18+,20-,22-,24-,25+,26+,27+,28+,29+,30+,32-,33-,35?,36?,37?,38?,39?/m0/s1. The van der Waals surface area contributed by atoms with Crippen molar-refractivity contribution in [2.24, 2.45) is 0 Å². The molecular weight excluding hydrogens is 900 g/mol. The third kappa shape index (κ3) is 9.18. The maximum Gasteiger partial charge on any atom is 0.239 e. The van der Waals surface area contributed by atoms with Gasteiger partial charge in [0.1, 0.15) is 108 Å². The van der Waals surface area contributed by atoms with Crippen LogP contribution in [0.4, 0.5) is 0 Å². The van der Waals surface area contributed by atoms with Gasteiger partial charge in [-0.25, -0.2) is 0 Å². The second-order valence-corrected chi connectivity index (χ2v) is 16.0. The van der Waals surface area contributed by atoms with E-state index < -0.39 is 199 Å². The average Bonchev–Trinajstić information content (AvgIpc) is 3.28. The lowest BCUT2D eigenvalue weighted by Crippen LogP contribution is -2.67. The third-order valence-corrected chi connectivity index (χ3v) is 11.6. The summed E-state index contributed by atoms with van der Waals surface area (Å²) in [5, 5.41) is 178. The number of hydrogen-bond donors (Lipinski definition) is 17. The minimum Gasteiger partial charge on any atom is -0.508 e. The Kier molecular flexibility index (Phi) is 14.8. The fraction of sp³-hybridized carbons (Fsp3) is 0.615. The van der Waals surface area contributed by atoms with Gasteiger partial charge < -0.3 is 129 Å². The molecule has 4 aliphatic rings. The minimum atomic E-state index is -2.22. The number of benzene rings is 2. The van der Waals surface area contributed by atoms with Crippen LogP contribution in [0.5, 0.6) is 34.5 Å². The second-order valence-electron chi connectivity index (χ2n) is 16.0. The zero-order chi connectivity index (χ0) is 48.2. The molecule has 4 saturated heterocycles. The molecule has 2 aromatic carbocycles. The summed E-state index contributed by atoms with van der Waals surface area (Å²) in [5.74, 6) is -5.62. The molecular formula is C39H50O27. The Labute approximate surface area is 369 Å². The molecule has 5 heterocycles. The summed E-state index contributed by atoms with van der Waals surface area (Å²) in [6.07, 6.45) is -37.7. The highest BCUT2D eigenvalue weighted by molar-refractivity contribution is 5.88. The first-order valence-corrected chi connectivity index (χ1v) is 20.2. The average molecular weight is 951 g/mol. The first-order chi connectivity index (χ1) is 31.2. The molecule has 20 atom stereocenters. The molecule has 0 bridgehead atoms. The number of phenols is 5. The summed E-state index contributed by atoms with van der Waals surface area (Å²) in [7, 11) is 0. The summed E-state index contributed by atoms with van der Waals surface area (Å²) < 4.78 is 51.1. The second kappa shape index (κ2) is 19.7. The van der Waals surface area contributed by atoms with E-state index in [1.807, 2.05) is 0 Å². The van der Waals surface area contributed by atoms with Gasteiger partial charge in [-0.1, -0.05) is 0 Å². The van der Waals surface area contributed by atoms with Crippen molar-refractivity contribution in [3.8, 4) is 45.8 Å². The van der Waals surface area contributed by atoms with Gasteiger partial charge in [0.15, 0.2) is 48.0 Å². The first-order valence-electron chi connectivity index (χ1n) is 20.2. The molecule has 5 unspecified atom stereocenters. The topological polar surface area (TPSA) is 448 Å². The Morgan fingerprint density at radius 1 is 0.515 bits per heavy atom. The van der Waals surface area contributed by atoms with E-state index in [0.717, 1.165) is 24.3 Å². The van der Waals surface area contributed by atoms with E-state index in [-0.39, 0.29) is 5.56 Å². The van der Waals surface area contributed by atoms with Gasteiger partial charge in [0.25, 0.3) is 0 Å². The smallest absolute Gasteiger partial charge is 0.239 e. The highest BCUT2D eigenvalue weighted by atomic mass is 16.8. The molecule has 0 spiro atoms. The van der Waals surface area contributed by atoms with Crippen LogP contribution in [0.25, 0.3) is 22.3 Å². The van der Waals surface area contributed by atoms with Crippen LogP contribution in [0.15, 0.2) is 33.5 Å². The van der Waals surface area contributed by atoms with Gasteiger partial charge >= 0.3 is 0 Å². The lowest BCUT2D eigenvalue weighted by molar-refractivity contribution is -0.388. The van der Waals surface area contributed by atoms with Gasteiger partial charge in [-0.3, -0.25) is 4.79 Å². The molecule has 368 valence electrons. The maximum atomic E-state index is 14.1. The summed E-state index contributed by atoms with van der Waals surface area (Å²) in [4.78, 5) is 14.1. The molecule has 4 aliphatic heterocycles. The van der Waals surface area contributed by atoms with Crippen LogP contribution in [0.3, 0.4) is 0 Å². The van der Waals surface area contributed by atoms with Crippen molar-refractivity contribution in [1.29, 1.82) is 0 Å². The number of aromatic hydroxyl groups is 5. The van der Waals surface area contributed by atoms with Gasteiger partial charge in [-0.2, -0.15) is 0 Å². The summed E-state index contributed by atoms with van der Waals surface area (Å²) in [6, 6.07) is 3.40. The largest absolute Gasteiger partial charge is 0.508 e. The van der Waals surface area contributed by atoms with Gasteiger partial charge in [-0.05, 0) is 19.1 Å². The SMILES string of the molecule is C[C@@H]1OC(Oc2c(-c3cc(O)c(O)c(O)c3)oc3cc(O)cc(O)c3c2=O)C(OC2O[C@H](CO)[C@H](OC3O[C@H](CO)[C@H](OC4O[C@H](CO)[C@H](O)[C@H](O)[C@H]4O)[C@H](O)[C@H]3O)[C@H](O)[C@H]2O)[C@H](O)[C@H]1O. The molecule has 27 nitrogen and oxygen atoms in total. The predicted molar refractivity (Wildman–Crippen MR) is 207 cm³/mol. The number of aliphatic hydroxyl groups is 12. The molecule has 27 heteroatoms. The Morgan fingerprint density at radius 3 is 1.50 bits per heavy atom. The van der Waals surface area contributed by atoms with E-state index in [9.17, 15) is 91.6 Å². The Morgan fingerprint density at radius 2 is 0.985 bits per heavy atom. The number of ether oxygens (including phenoxy) is 8. The van der Waals surface area contributed by atoms with Crippen LogP contribution in [0.2, 0.25) is 0 Å². The predicted octanol–water partition coefficient (Wildman–Crippen LogP) is -6.33. The molecule has 1 aromatic heterocycles. The molecule has 0 amide bonds. The lowest BCUT2D eigenvalue weighted by Gasteiger charge is -2.49. The number of aliphatic hydroxyl groups excluding tert-OH is 12. The summed E-state index contributed by atoms with van der Waals surface area (Å²) >= 11 is 0. The number of rotatable bonds is 12. The fourth-order valence-electron chi connectivity index (χ4n) is 7.97. The molecule has 0 radical (unpaired) electrons. The molecule has 66 heavy (non-hydrogen) atoms. The van der Waals surface area contributed by atoms with E-state index in [1.165, 1.54) is 6.92 Å². The molecule has 7 rings (SSSR count). The van der Waals surface area contributed by atoms with Crippen molar-refractivity contribution in [2.45, 2.75) is 130 Å². The Balaban J connectivity index is 1.12. The lowest BCUT2D eigenvalue weighted by atomic mass is 9.95. The van der Waals surface area contributed by atoms with E-state index in [4.69, 9.17) is 42.3 Å². The van der Waals surface area contributed by atoms with Crippen LogP contribution in [0.1, 0.15) is 6.92 Å². The quantitative estimate of drug-likeness (QED) is 0.0751. The summed E-state index contributed by atoms with van der Waals surface area (Å²) in [6.45, 7) is -1.56. The van der Waals surface area contributed by atoms with Crippen molar-refractivity contribution >= 4 is 11.0 Å². The summed E-state index contributed by atoms with van der Waals surface area (Å²) in [5.41, 5.74) is -1.96. The van der Waals surface area contributed by atoms with Crippen LogP contribution in [-0.4, -0.2) is 229 Å². The molecule has 0 aliphatic carbocycles. The van der Waals surface area contributed by atoms with Crippen LogP contribution in [-0.2, 0) is 33.2 Å². The van der Waals surface area contributed by atoms with Gasteiger partial charge in [-0.15, -0.1) is 0 Å². The maximum absolute atomic E-state index is 14.1. The molecule has 4 fully saturated rings. The van der Waals surface area contributed by atoms with Crippen molar-refractivity contribution in [1.82, 2.24) is 0 Å². The van der Waals surface area contributed by atoms with Crippen molar-refractivity contribution in [3.63, 3.8) is 0 Å². The highest BCUT2D eigenvalue weighted by Crippen LogP contribution is 2.44. The van der Waals surface area contributed by atoms with Gasteiger partial charge in [0, 0.05) is 17.7 Å². The van der Waals surface area contributed by atoms with Crippen LogP contribution < -0.4 is 10.2 Å². The third-order valence-electron chi connectivity index (χ3n) is 11.6. The number of hydrogen-bond acceptors (Lipinski definition) is 27. The van der Waals surface area contributed by atoms with Crippen LogP contribution in [0, 0.1) is 0 Å². The normalized spacial score (nSPS) is 39.8. The molecule has 3 aromatic rings. The monoisotopic (exact) mass is 950 g/mol. The van der Waals surface area contributed by atoms with E-state index in [0.29, 0.717) is 0 Å². The Bertz CT molecular complexity index is 2200. The zero-order valence-electron chi connectivity index (χ0n) is 34.2. The van der Waals surface area contributed by atoms with Crippen molar-refractivity contribution < 1.29 is 129 Å². The molecule has 0 saturated carbocycles. The first kappa shape index (κ1) is 49.6. The zero-order valence-corrected chi connectivity index (χ0v) is 34.2. The van der Waals surface area contributed by atoms with Crippen LogP contribution >= 0.6 is 0 Å². The van der Waals surface area contributed by atoms with E-state index in [2.05, 4.69) is 0 Å². The Hall–Kier alpha value is -4.31. The van der Waals surface area contributed by atoms with Gasteiger partial charge in [0.2, 0.25) is 17.5 Å². The van der Waals surface area contributed by atoms with E-state index in [1.54, 1.807) is 0 Å². The number of fused-ring (bicyclic) bond motifs is 1.